The first-order chi connectivity index (χ1) is 14.3. The molecule has 0 saturated carbocycles. The zero-order chi connectivity index (χ0) is 21.8. The van der Waals surface area contributed by atoms with Crippen molar-refractivity contribution in [3.05, 3.63) is 64.2 Å². The summed E-state index contributed by atoms with van der Waals surface area (Å²) in [5.74, 6) is -0.418. The molecule has 2 aromatic carbocycles. The minimum Gasteiger partial charge on any atom is -0.493 e. The standard InChI is InChI=1S/C22H22F2N2O3S/c1-12(10-15-16(23)6-5-7-17(15)24)25-21(27)20-13(2)26-22(30-20)14-8-9-18(28-3)19(11-14)29-4/h5-9,11-12H,10H2,1-4H3,(H,25,27). The van der Waals surface area contributed by atoms with Crippen molar-refractivity contribution in [2.24, 2.45) is 0 Å². The van der Waals surface area contributed by atoms with Gasteiger partial charge in [0.25, 0.3) is 5.91 Å². The van der Waals surface area contributed by atoms with Gasteiger partial charge in [0.1, 0.15) is 21.5 Å². The van der Waals surface area contributed by atoms with Crippen molar-refractivity contribution >= 4 is 17.2 Å². The molecule has 1 N–H and O–H groups in total. The molecule has 8 heteroatoms. The predicted molar refractivity (Wildman–Crippen MR) is 112 cm³/mol. The second-order valence-corrected chi connectivity index (χ2v) is 7.78. The fraction of sp³-hybridized carbons (Fsp3) is 0.273. The average Bonchev–Trinajstić information content (AvgIpc) is 3.12. The number of ether oxygens (including phenoxy) is 2. The monoisotopic (exact) mass is 432 g/mol. The number of methoxy groups -OCH3 is 2. The minimum absolute atomic E-state index is 0.0441. The summed E-state index contributed by atoms with van der Waals surface area (Å²) >= 11 is 1.24. The molecule has 3 aromatic rings. The summed E-state index contributed by atoms with van der Waals surface area (Å²) < 4.78 is 38.3. The quantitative estimate of drug-likeness (QED) is 0.584. The molecule has 5 nitrogen and oxygen atoms in total. The third kappa shape index (κ3) is 4.59. The van der Waals surface area contributed by atoms with Crippen LogP contribution in [0.3, 0.4) is 0 Å². The third-order valence-corrected chi connectivity index (χ3v) is 5.79. The van der Waals surface area contributed by atoms with Crippen molar-refractivity contribution in [2.45, 2.75) is 26.3 Å². The Morgan fingerprint density at radius 1 is 1.13 bits per heavy atom. The summed E-state index contributed by atoms with van der Waals surface area (Å²) in [6.45, 7) is 3.45. The lowest BCUT2D eigenvalue weighted by Gasteiger charge is -2.14. The van der Waals surface area contributed by atoms with Crippen molar-refractivity contribution < 1.29 is 23.0 Å². The number of thiazole rings is 1. The molecular weight excluding hydrogens is 410 g/mol. The topological polar surface area (TPSA) is 60.5 Å². The number of benzene rings is 2. The van der Waals surface area contributed by atoms with E-state index in [2.05, 4.69) is 10.3 Å². The Morgan fingerprint density at radius 3 is 2.43 bits per heavy atom. The van der Waals surface area contributed by atoms with Crippen molar-refractivity contribution in [1.29, 1.82) is 0 Å². The van der Waals surface area contributed by atoms with Crippen molar-refractivity contribution in [3.8, 4) is 22.1 Å². The van der Waals surface area contributed by atoms with Crippen molar-refractivity contribution in [3.63, 3.8) is 0 Å². The van der Waals surface area contributed by atoms with Gasteiger partial charge in [-0.25, -0.2) is 13.8 Å². The molecule has 0 bridgehead atoms. The van der Waals surface area contributed by atoms with Crippen LogP contribution in [0.1, 0.15) is 27.9 Å². The molecule has 0 aliphatic carbocycles. The Bertz CT molecular complexity index is 1050. The van der Waals surface area contributed by atoms with Crippen LogP contribution in [-0.4, -0.2) is 31.2 Å². The number of hydrogen-bond acceptors (Lipinski definition) is 5. The SMILES string of the molecule is COc1ccc(-c2nc(C)c(C(=O)NC(C)Cc3c(F)cccc3F)s2)cc1OC. The van der Waals surface area contributed by atoms with Gasteiger partial charge in [-0.1, -0.05) is 6.07 Å². The Morgan fingerprint density at radius 2 is 1.80 bits per heavy atom. The Labute approximate surface area is 177 Å². The fourth-order valence-corrected chi connectivity index (χ4v) is 4.04. The second kappa shape index (κ2) is 9.21. The van der Waals surface area contributed by atoms with Crippen LogP contribution in [0.15, 0.2) is 36.4 Å². The van der Waals surface area contributed by atoms with Crippen LogP contribution in [-0.2, 0) is 6.42 Å². The molecule has 0 saturated heterocycles. The molecule has 1 atom stereocenters. The largest absolute Gasteiger partial charge is 0.493 e. The van der Waals surface area contributed by atoms with Crippen LogP contribution >= 0.6 is 11.3 Å². The number of carbonyl (C=O) groups excluding carboxylic acids is 1. The van der Waals surface area contributed by atoms with E-state index in [0.717, 1.165) is 5.56 Å². The molecule has 30 heavy (non-hydrogen) atoms. The molecule has 0 radical (unpaired) electrons. The molecule has 1 aromatic heterocycles. The first kappa shape index (κ1) is 21.7. The Hall–Kier alpha value is -3.00. The first-order valence-electron chi connectivity index (χ1n) is 9.27. The zero-order valence-corrected chi connectivity index (χ0v) is 17.9. The summed E-state index contributed by atoms with van der Waals surface area (Å²) in [7, 11) is 3.11. The Balaban J connectivity index is 1.77. The summed E-state index contributed by atoms with van der Waals surface area (Å²) in [6.07, 6.45) is 0.0463. The maximum atomic E-state index is 13.9. The highest BCUT2D eigenvalue weighted by atomic mass is 32.1. The average molecular weight is 432 g/mol. The van der Waals surface area contributed by atoms with Crippen LogP contribution in [0, 0.1) is 18.6 Å². The second-order valence-electron chi connectivity index (χ2n) is 6.78. The highest BCUT2D eigenvalue weighted by Gasteiger charge is 2.20. The third-order valence-electron chi connectivity index (χ3n) is 4.58. The lowest BCUT2D eigenvalue weighted by molar-refractivity contribution is 0.0943. The van der Waals surface area contributed by atoms with Crippen LogP contribution in [0.25, 0.3) is 10.6 Å². The van der Waals surface area contributed by atoms with E-state index in [1.165, 1.54) is 29.5 Å². The maximum Gasteiger partial charge on any atom is 0.263 e. The van der Waals surface area contributed by atoms with Gasteiger partial charge >= 0.3 is 0 Å². The molecule has 1 unspecified atom stereocenters. The van der Waals surface area contributed by atoms with Crippen molar-refractivity contribution in [1.82, 2.24) is 10.3 Å². The van der Waals surface area contributed by atoms with E-state index in [9.17, 15) is 13.6 Å². The Kier molecular flexibility index (Phi) is 6.66. The highest BCUT2D eigenvalue weighted by molar-refractivity contribution is 7.17. The van der Waals surface area contributed by atoms with Gasteiger partial charge < -0.3 is 14.8 Å². The molecule has 1 heterocycles. The number of halogens is 2. The van der Waals surface area contributed by atoms with Gasteiger partial charge in [0.05, 0.1) is 19.9 Å². The van der Waals surface area contributed by atoms with Gasteiger partial charge in [0.15, 0.2) is 11.5 Å². The molecule has 1 amide bonds. The smallest absolute Gasteiger partial charge is 0.263 e. The molecule has 0 spiro atoms. The van der Waals surface area contributed by atoms with E-state index >= 15 is 0 Å². The minimum atomic E-state index is -0.624. The number of hydrogen-bond donors (Lipinski definition) is 1. The van der Waals surface area contributed by atoms with E-state index in [1.807, 2.05) is 6.07 Å². The van der Waals surface area contributed by atoms with Crippen molar-refractivity contribution in [2.75, 3.05) is 14.2 Å². The van der Waals surface area contributed by atoms with Crippen LogP contribution in [0.2, 0.25) is 0 Å². The molecule has 158 valence electrons. The number of aryl methyl sites for hydroxylation is 1. The highest BCUT2D eigenvalue weighted by Crippen LogP contribution is 2.35. The van der Waals surface area contributed by atoms with Gasteiger partial charge in [0.2, 0.25) is 0 Å². The number of aromatic nitrogens is 1. The molecule has 0 aliphatic rings. The predicted octanol–water partition coefficient (Wildman–Crippen LogP) is 4.77. The lowest BCUT2D eigenvalue weighted by Crippen LogP contribution is -2.34. The number of nitrogens with zero attached hydrogens (tertiary/aromatic N) is 1. The number of nitrogens with one attached hydrogen (secondary N) is 1. The molecule has 0 fully saturated rings. The molecule has 3 rings (SSSR count). The van der Waals surface area contributed by atoms with Crippen LogP contribution in [0.4, 0.5) is 8.78 Å². The summed E-state index contributed by atoms with van der Waals surface area (Å²) in [5.41, 5.74) is 1.32. The van der Waals surface area contributed by atoms with E-state index in [1.54, 1.807) is 40.2 Å². The number of rotatable bonds is 7. The van der Waals surface area contributed by atoms with E-state index in [-0.39, 0.29) is 17.9 Å². The van der Waals surface area contributed by atoms with Gasteiger partial charge in [-0.15, -0.1) is 11.3 Å². The van der Waals surface area contributed by atoms with E-state index in [0.29, 0.717) is 27.1 Å². The van der Waals surface area contributed by atoms with Gasteiger partial charge in [-0.2, -0.15) is 0 Å². The number of carbonyl (C=O) groups is 1. The van der Waals surface area contributed by atoms with Gasteiger partial charge in [-0.3, -0.25) is 4.79 Å². The molecule has 0 aliphatic heterocycles. The summed E-state index contributed by atoms with van der Waals surface area (Å²) in [4.78, 5) is 17.7. The van der Waals surface area contributed by atoms with Gasteiger partial charge in [-0.05, 0) is 50.6 Å². The van der Waals surface area contributed by atoms with Crippen LogP contribution in [0.5, 0.6) is 11.5 Å². The first-order valence-corrected chi connectivity index (χ1v) is 10.1. The van der Waals surface area contributed by atoms with E-state index in [4.69, 9.17) is 9.47 Å². The van der Waals surface area contributed by atoms with Crippen LogP contribution < -0.4 is 14.8 Å². The fourth-order valence-electron chi connectivity index (χ4n) is 3.07. The van der Waals surface area contributed by atoms with Gasteiger partial charge in [0, 0.05) is 17.2 Å². The normalized spacial score (nSPS) is 11.8. The summed E-state index contributed by atoms with van der Waals surface area (Å²) in [6, 6.07) is 8.66. The lowest BCUT2D eigenvalue weighted by atomic mass is 10.1. The summed E-state index contributed by atoms with van der Waals surface area (Å²) in [5, 5.41) is 3.46. The van der Waals surface area contributed by atoms with E-state index < -0.39 is 17.7 Å². The maximum absolute atomic E-state index is 13.9. The zero-order valence-electron chi connectivity index (χ0n) is 17.1. The number of amides is 1. The molecular formula is C22H22F2N2O3S.